The second-order valence-electron chi connectivity index (χ2n) is 10.8. The number of hydrogen-bond donors (Lipinski definition) is 0. The number of ether oxygens (including phenoxy) is 4. The molecular weight excluding hydrogens is 698 g/mol. The van der Waals surface area contributed by atoms with Gasteiger partial charge in [-0.2, -0.15) is 26.3 Å². The van der Waals surface area contributed by atoms with Gasteiger partial charge in [0.25, 0.3) is 0 Å². The monoisotopic (exact) mass is 722 g/mol. The predicted octanol–water partition coefficient (Wildman–Crippen LogP) is 11.7. The Hall–Kier alpha value is -5.95. The van der Waals surface area contributed by atoms with Crippen LogP contribution in [-0.2, 0) is 22.2 Å². The summed E-state index contributed by atoms with van der Waals surface area (Å²) in [6.07, 6.45) is -8.99. The van der Waals surface area contributed by atoms with Crippen molar-refractivity contribution in [2.24, 2.45) is 0 Å². The van der Waals surface area contributed by atoms with Gasteiger partial charge in [0.15, 0.2) is 0 Å². The Labute approximate surface area is 288 Å². The Morgan fingerprint density at radius 1 is 0.353 bits per heavy atom. The summed E-state index contributed by atoms with van der Waals surface area (Å²) >= 11 is 0. The highest BCUT2D eigenvalue weighted by Crippen LogP contribution is 2.35. The van der Waals surface area contributed by atoms with Crippen molar-refractivity contribution < 1.29 is 53.7 Å². The largest absolute Gasteiger partial charge is 0.457 e. The van der Waals surface area contributed by atoms with Crippen LogP contribution in [-0.4, -0.2) is 8.42 Å². The first kappa shape index (κ1) is 34.9. The van der Waals surface area contributed by atoms with Gasteiger partial charge in [0.1, 0.15) is 46.0 Å². The van der Waals surface area contributed by atoms with Gasteiger partial charge < -0.3 is 18.9 Å². The van der Waals surface area contributed by atoms with Crippen molar-refractivity contribution in [3.8, 4) is 46.0 Å². The van der Waals surface area contributed by atoms with Crippen molar-refractivity contribution >= 4 is 9.84 Å². The lowest BCUT2D eigenvalue weighted by atomic mass is 10.2. The smallest absolute Gasteiger partial charge is 0.416 e. The molecule has 0 radical (unpaired) electrons. The van der Waals surface area contributed by atoms with Crippen molar-refractivity contribution in [1.29, 1.82) is 0 Å². The third-order valence-corrected chi connectivity index (χ3v) is 8.97. The second kappa shape index (κ2) is 14.1. The summed E-state index contributed by atoms with van der Waals surface area (Å²) in [4.78, 5) is 0.0365. The van der Waals surface area contributed by atoms with E-state index in [1.54, 1.807) is 24.3 Å². The first-order valence-electron chi connectivity index (χ1n) is 14.9. The van der Waals surface area contributed by atoms with E-state index in [1.807, 2.05) is 0 Å². The van der Waals surface area contributed by atoms with Crippen LogP contribution >= 0.6 is 0 Å². The number of hydrogen-bond acceptors (Lipinski definition) is 6. The number of benzene rings is 6. The molecule has 6 aromatic rings. The van der Waals surface area contributed by atoms with Crippen LogP contribution in [0.5, 0.6) is 46.0 Å². The summed E-state index contributed by atoms with van der Waals surface area (Å²) in [5.41, 5.74) is -1.66. The molecule has 0 atom stereocenters. The Bertz CT molecular complexity index is 2060. The van der Waals surface area contributed by atoms with Crippen molar-refractivity contribution in [2.75, 3.05) is 0 Å². The summed E-state index contributed by atoms with van der Waals surface area (Å²) in [7, 11) is -3.90. The average molecular weight is 723 g/mol. The van der Waals surface area contributed by atoms with Gasteiger partial charge >= 0.3 is 12.4 Å². The third kappa shape index (κ3) is 8.81. The van der Waals surface area contributed by atoms with Gasteiger partial charge in [0.05, 0.1) is 20.9 Å². The van der Waals surface area contributed by atoms with Crippen LogP contribution in [0.25, 0.3) is 0 Å². The molecule has 0 aromatic heterocycles. The van der Waals surface area contributed by atoms with Gasteiger partial charge in [-0.1, -0.05) is 12.1 Å². The second-order valence-corrected chi connectivity index (χ2v) is 12.8. The summed E-state index contributed by atoms with van der Waals surface area (Å²) in [6, 6.07) is 32.8. The number of rotatable bonds is 10. The standard InChI is InChI=1S/C38H24F6O6S/c39-37(40,41)25-3-1-5-33(23-25)49-29-11-7-27(8-12-29)47-31-15-19-35(20-16-31)51(45,46)36-21-17-32(18-22-36)48-28-9-13-30(14-10-28)50-34-6-2-4-26(24-34)38(42,43)44/h1-24H. The van der Waals surface area contributed by atoms with Crippen LogP contribution in [0.1, 0.15) is 11.1 Å². The van der Waals surface area contributed by atoms with E-state index in [-0.39, 0.29) is 21.3 Å². The van der Waals surface area contributed by atoms with E-state index in [4.69, 9.17) is 18.9 Å². The molecule has 6 rings (SSSR count). The minimum atomic E-state index is -4.49. The van der Waals surface area contributed by atoms with Gasteiger partial charge in [0.2, 0.25) is 9.84 Å². The fourth-order valence-corrected chi connectivity index (χ4v) is 5.94. The van der Waals surface area contributed by atoms with Gasteiger partial charge in [0, 0.05) is 0 Å². The molecule has 13 heteroatoms. The van der Waals surface area contributed by atoms with Gasteiger partial charge in [-0.25, -0.2) is 8.42 Å². The fourth-order valence-electron chi connectivity index (χ4n) is 4.68. The van der Waals surface area contributed by atoms with Crippen LogP contribution in [0.2, 0.25) is 0 Å². The highest BCUT2D eigenvalue weighted by Gasteiger charge is 2.31. The lowest BCUT2D eigenvalue weighted by Crippen LogP contribution is -2.04. The zero-order valence-corrected chi connectivity index (χ0v) is 26.8. The number of alkyl halides is 6. The molecular formula is C38H24F6O6S. The van der Waals surface area contributed by atoms with Gasteiger partial charge in [-0.3, -0.25) is 0 Å². The molecule has 0 aliphatic heterocycles. The van der Waals surface area contributed by atoms with Crippen molar-refractivity contribution in [1.82, 2.24) is 0 Å². The van der Waals surface area contributed by atoms with Crippen LogP contribution in [0.15, 0.2) is 155 Å². The topological polar surface area (TPSA) is 71.1 Å². The quantitative estimate of drug-likeness (QED) is 0.131. The molecule has 51 heavy (non-hydrogen) atoms. The maximum Gasteiger partial charge on any atom is 0.416 e. The molecule has 0 spiro atoms. The van der Waals surface area contributed by atoms with E-state index >= 15 is 0 Å². The maximum atomic E-state index is 13.3. The molecule has 0 amide bonds. The van der Waals surface area contributed by atoms with E-state index in [0.29, 0.717) is 34.5 Å². The maximum absolute atomic E-state index is 13.3. The van der Waals surface area contributed by atoms with E-state index < -0.39 is 33.3 Å². The SMILES string of the molecule is O=S(=O)(c1ccc(Oc2ccc(Oc3cccc(C(F)(F)F)c3)cc2)cc1)c1ccc(Oc2ccc(Oc3cccc(C(F)(F)F)c3)cc2)cc1. The molecule has 0 unspecified atom stereocenters. The fraction of sp³-hybridized carbons (Fsp3) is 0.0526. The first-order valence-corrected chi connectivity index (χ1v) is 16.4. The molecule has 0 N–H and O–H groups in total. The van der Waals surface area contributed by atoms with E-state index in [2.05, 4.69) is 0 Å². The van der Waals surface area contributed by atoms with Crippen LogP contribution < -0.4 is 18.9 Å². The highest BCUT2D eigenvalue weighted by atomic mass is 32.2. The first-order chi connectivity index (χ1) is 24.2. The van der Waals surface area contributed by atoms with Gasteiger partial charge in [-0.15, -0.1) is 0 Å². The average Bonchev–Trinajstić information content (AvgIpc) is 3.10. The third-order valence-electron chi connectivity index (χ3n) is 7.18. The van der Waals surface area contributed by atoms with Crippen molar-refractivity contribution in [2.45, 2.75) is 22.1 Å². The van der Waals surface area contributed by atoms with Crippen LogP contribution in [0.3, 0.4) is 0 Å². The highest BCUT2D eigenvalue weighted by molar-refractivity contribution is 7.91. The summed E-state index contributed by atoms with van der Waals surface area (Å²) in [5.74, 6) is 2.09. The Morgan fingerprint density at radius 2 is 0.608 bits per heavy atom. The predicted molar refractivity (Wildman–Crippen MR) is 174 cm³/mol. The minimum absolute atomic E-state index is 0.0183. The molecule has 0 saturated heterocycles. The zero-order chi connectivity index (χ0) is 36.2. The molecule has 0 saturated carbocycles. The van der Waals surface area contributed by atoms with E-state index in [1.165, 1.54) is 97.1 Å². The van der Waals surface area contributed by atoms with Crippen molar-refractivity contribution in [3.63, 3.8) is 0 Å². The Balaban J connectivity index is 1.04. The molecule has 0 heterocycles. The van der Waals surface area contributed by atoms with Gasteiger partial charge in [-0.05, 0) is 133 Å². The summed E-state index contributed by atoms with van der Waals surface area (Å²) in [5, 5.41) is 0. The summed E-state index contributed by atoms with van der Waals surface area (Å²) < 4.78 is 127. The number of halogens is 6. The Kier molecular flexibility index (Phi) is 9.66. The Morgan fingerprint density at radius 3 is 0.882 bits per heavy atom. The van der Waals surface area contributed by atoms with Crippen LogP contribution in [0, 0.1) is 0 Å². The lowest BCUT2D eigenvalue weighted by Gasteiger charge is -2.11. The van der Waals surface area contributed by atoms with E-state index in [0.717, 1.165) is 24.3 Å². The molecule has 0 fully saturated rings. The molecule has 6 aromatic carbocycles. The number of sulfone groups is 1. The molecule has 0 aliphatic carbocycles. The van der Waals surface area contributed by atoms with Crippen LogP contribution in [0.4, 0.5) is 26.3 Å². The molecule has 0 aliphatic rings. The molecule has 0 bridgehead atoms. The molecule has 260 valence electrons. The normalized spacial score (nSPS) is 11.9. The van der Waals surface area contributed by atoms with E-state index in [9.17, 15) is 34.8 Å². The lowest BCUT2D eigenvalue weighted by molar-refractivity contribution is -0.138. The summed E-state index contributed by atoms with van der Waals surface area (Å²) in [6.45, 7) is 0. The minimum Gasteiger partial charge on any atom is -0.457 e. The zero-order valence-electron chi connectivity index (χ0n) is 26.0. The molecule has 6 nitrogen and oxygen atoms in total. The van der Waals surface area contributed by atoms with Crippen molar-refractivity contribution in [3.05, 3.63) is 157 Å².